The van der Waals surface area contributed by atoms with Crippen molar-refractivity contribution in [1.82, 2.24) is 5.32 Å². The van der Waals surface area contributed by atoms with Gasteiger partial charge in [0.15, 0.2) is 0 Å². The standard InChI is InChI=1S/C25H37NO4.C9H6F2O2/c27-20-23-18-22(13-14-24(23)28)25(29)19-26-15-7-1-2-8-16-30-17-9-6-12-21-10-4-3-5-11-21;10-7-3-1-6(8(11)5-7)2-4-9(12)13/h3-5,10-11,13-14,18,25-29H,1-2,6-9,12,15-17,19-20H2;1-5H,(H,12,13)/b;4-2+. The zero-order chi connectivity index (χ0) is 31.3. The number of carbonyl (C=O) groups is 1. The van der Waals surface area contributed by atoms with E-state index in [1.54, 1.807) is 12.1 Å². The fourth-order valence-electron chi connectivity index (χ4n) is 4.18. The summed E-state index contributed by atoms with van der Waals surface area (Å²) >= 11 is 0. The minimum atomic E-state index is -1.18. The molecule has 1 unspecified atom stereocenters. The first-order valence-electron chi connectivity index (χ1n) is 14.6. The minimum Gasteiger partial charge on any atom is -0.508 e. The molecule has 9 heteroatoms. The highest BCUT2D eigenvalue weighted by Gasteiger charge is 2.10. The molecule has 1 atom stereocenters. The van der Waals surface area contributed by atoms with Gasteiger partial charge >= 0.3 is 5.97 Å². The number of rotatable bonds is 18. The van der Waals surface area contributed by atoms with Gasteiger partial charge in [-0.25, -0.2) is 13.6 Å². The second-order valence-corrected chi connectivity index (χ2v) is 10.1. The number of unbranched alkanes of at least 4 members (excludes halogenated alkanes) is 4. The third kappa shape index (κ3) is 15.4. The normalized spacial score (nSPS) is 11.7. The average Bonchev–Trinajstić information content (AvgIpc) is 3.00. The van der Waals surface area contributed by atoms with Gasteiger partial charge < -0.3 is 30.5 Å². The first-order valence-corrected chi connectivity index (χ1v) is 14.6. The topological polar surface area (TPSA) is 119 Å². The van der Waals surface area contributed by atoms with E-state index in [2.05, 4.69) is 35.6 Å². The average molecular weight is 600 g/mol. The largest absolute Gasteiger partial charge is 0.508 e. The molecule has 0 fully saturated rings. The van der Waals surface area contributed by atoms with Gasteiger partial charge in [0.2, 0.25) is 0 Å². The highest BCUT2D eigenvalue weighted by molar-refractivity contribution is 5.85. The summed E-state index contributed by atoms with van der Waals surface area (Å²) in [6.07, 6.45) is 9.09. The number of aromatic hydroxyl groups is 1. The molecule has 0 spiro atoms. The molecule has 0 heterocycles. The van der Waals surface area contributed by atoms with E-state index in [4.69, 9.17) is 9.84 Å². The number of nitrogens with one attached hydrogen (secondary N) is 1. The van der Waals surface area contributed by atoms with Crippen molar-refractivity contribution in [2.24, 2.45) is 0 Å². The Morgan fingerprint density at radius 2 is 1.63 bits per heavy atom. The van der Waals surface area contributed by atoms with Crippen LogP contribution in [0.15, 0.2) is 72.8 Å². The predicted molar refractivity (Wildman–Crippen MR) is 164 cm³/mol. The number of phenols is 1. The Hall–Kier alpha value is -3.63. The zero-order valence-corrected chi connectivity index (χ0v) is 24.4. The van der Waals surface area contributed by atoms with Crippen molar-refractivity contribution in [1.29, 1.82) is 0 Å². The molecular weight excluding hydrogens is 556 g/mol. The SMILES string of the molecule is O=C(O)/C=C/c1ccc(F)cc1F.OCc1cc(C(O)CNCCCCCCOCCCCc2ccccc2)ccc1O. The summed E-state index contributed by atoms with van der Waals surface area (Å²) in [5, 5.41) is 40.5. The van der Waals surface area contributed by atoms with Crippen LogP contribution in [0.1, 0.15) is 66.9 Å². The molecule has 234 valence electrons. The molecule has 0 aliphatic rings. The van der Waals surface area contributed by atoms with Gasteiger partial charge in [0.25, 0.3) is 0 Å². The molecule has 7 nitrogen and oxygen atoms in total. The molecule has 43 heavy (non-hydrogen) atoms. The van der Waals surface area contributed by atoms with Gasteiger partial charge in [-0.15, -0.1) is 0 Å². The Morgan fingerprint density at radius 1 is 0.907 bits per heavy atom. The molecule has 0 aromatic heterocycles. The number of aryl methyl sites for hydroxylation is 1. The fraction of sp³-hybridized carbons (Fsp3) is 0.382. The molecule has 3 aromatic carbocycles. The van der Waals surface area contributed by atoms with Crippen molar-refractivity contribution < 1.29 is 38.7 Å². The number of ether oxygens (including phenoxy) is 1. The first-order chi connectivity index (χ1) is 20.8. The molecule has 0 bridgehead atoms. The van der Waals surface area contributed by atoms with E-state index in [0.717, 1.165) is 76.5 Å². The Bertz CT molecular complexity index is 1240. The van der Waals surface area contributed by atoms with Crippen molar-refractivity contribution >= 4 is 12.0 Å². The highest BCUT2D eigenvalue weighted by Crippen LogP contribution is 2.22. The quantitative estimate of drug-likeness (QED) is 0.0877. The fourth-order valence-corrected chi connectivity index (χ4v) is 4.18. The lowest BCUT2D eigenvalue weighted by Gasteiger charge is -2.14. The molecule has 0 aliphatic carbocycles. The van der Waals surface area contributed by atoms with Gasteiger partial charge in [0, 0.05) is 43.0 Å². The summed E-state index contributed by atoms with van der Waals surface area (Å²) in [5.74, 6) is -2.59. The third-order valence-electron chi connectivity index (χ3n) is 6.60. The van der Waals surface area contributed by atoms with Crippen molar-refractivity contribution in [3.05, 3.63) is 107 Å². The molecule has 3 aromatic rings. The van der Waals surface area contributed by atoms with Gasteiger partial charge in [-0.05, 0) is 80.1 Å². The first kappa shape index (κ1) is 35.6. The maximum atomic E-state index is 12.8. The van der Waals surface area contributed by atoms with Crippen molar-refractivity contribution in [2.45, 2.75) is 57.7 Å². The molecular formula is C34H43F2NO6. The van der Waals surface area contributed by atoms with Gasteiger partial charge in [-0.2, -0.15) is 0 Å². The maximum Gasteiger partial charge on any atom is 0.328 e. The van der Waals surface area contributed by atoms with Crippen LogP contribution in [-0.2, 0) is 22.6 Å². The molecule has 3 rings (SSSR count). The van der Waals surface area contributed by atoms with Crippen LogP contribution < -0.4 is 5.32 Å². The van der Waals surface area contributed by atoms with Crippen LogP contribution >= 0.6 is 0 Å². The summed E-state index contributed by atoms with van der Waals surface area (Å²) in [6, 6.07) is 18.4. The summed E-state index contributed by atoms with van der Waals surface area (Å²) in [4.78, 5) is 10.1. The van der Waals surface area contributed by atoms with Crippen LogP contribution in [0.25, 0.3) is 6.08 Å². The van der Waals surface area contributed by atoms with E-state index in [-0.39, 0.29) is 17.9 Å². The number of aliphatic hydroxyl groups is 2. The number of hydrogen-bond acceptors (Lipinski definition) is 6. The van der Waals surface area contributed by atoms with E-state index in [1.165, 1.54) is 24.1 Å². The number of halogens is 2. The van der Waals surface area contributed by atoms with Crippen molar-refractivity contribution in [3.63, 3.8) is 0 Å². The molecule has 0 aliphatic heterocycles. The number of hydrogen-bond donors (Lipinski definition) is 5. The van der Waals surface area contributed by atoms with Crippen LogP contribution in [0.2, 0.25) is 0 Å². The van der Waals surface area contributed by atoms with E-state index in [0.29, 0.717) is 23.7 Å². The van der Waals surface area contributed by atoms with E-state index >= 15 is 0 Å². The van der Waals surface area contributed by atoms with Crippen LogP contribution in [0.5, 0.6) is 5.75 Å². The van der Waals surface area contributed by atoms with Crippen LogP contribution in [-0.4, -0.2) is 52.7 Å². The Kier molecular flexibility index (Phi) is 17.5. The van der Waals surface area contributed by atoms with E-state index in [9.17, 15) is 28.9 Å². The minimum absolute atomic E-state index is 0.0452. The number of carboxylic acid groups (broad SMARTS) is 1. The van der Waals surface area contributed by atoms with Crippen LogP contribution in [0.4, 0.5) is 8.78 Å². The molecule has 0 radical (unpaired) electrons. The van der Waals surface area contributed by atoms with Gasteiger partial charge in [0.1, 0.15) is 17.4 Å². The molecule has 0 saturated carbocycles. The lowest BCUT2D eigenvalue weighted by Crippen LogP contribution is -2.22. The molecule has 5 N–H and O–H groups in total. The van der Waals surface area contributed by atoms with Gasteiger partial charge in [-0.3, -0.25) is 0 Å². The smallest absolute Gasteiger partial charge is 0.328 e. The number of benzene rings is 3. The Morgan fingerprint density at radius 3 is 2.33 bits per heavy atom. The van der Waals surface area contributed by atoms with Crippen molar-refractivity contribution in [3.8, 4) is 5.75 Å². The van der Waals surface area contributed by atoms with E-state index < -0.39 is 23.7 Å². The second kappa shape index (κ2) is 21.1. The summed E-state index contributed by atoms with van der Waals surface area (Å²) < 4.78 is 30.9. The van der Waals surface area contributed by atoms with Crippen LogP contribution in [0, 0.1) is 11.6 Å². The summed E-state index contributed by atoms with van der Waals surface area (Å²) in [6.45, 7) is 2.77. The monoisotopic (exact) mass is 599 g/mol. The Labute approximate surface area is 252 Å². The third-order valence-corrected chi connectivity index (χ3v) is 6.60. The second-order valence-electron chi connectivity index (χ2n) is 10.1. The predicted octanol–water partition coefficient (Wildman–Crippen LogP) is 6.17. The lowest BCUT2D eigenvalue weighted by molar-refractivity contribution is -0.131. The molecule has 0 saturated heterocycles. The van der Waals surface area contributed by atoms with Gasteiger partial charge in [0.05, 0.1) is 12.7 Å². The summed E-state index contributed by atoms with van der Waals surface area (Å²) in [5.41, 5.74) is 2.58. The number of aliphatic hydroxyl groups excluding tert-OH is 2. The number of aliphatic carboxylic acids is 1. The molecule has 0 amide bonds. The van der Waals surface area contributed by atoms with Crippen LogP contribution in [0.3, 0.4) is 0 Å². The Balaban J connectivity index is 0.000000413. The maximum absolute atomic E-state index is 12.8. The van der Waals surface area contributed by atoms with Gasteiger partial charge in [-0.1, -0.05) is 49.2 Å². The van der Waals surface area contributed by atoms with E-state index in [1.807, 2.05) is 0 Å². The number of carboxylic acids is 1. The highest BCUT2D eigenvalue weighted by atomic mass is 19.1. The lowest BCUT2D eigenvalue weighted by atomic mass is 10.1. The summed E-state index contributed by atoms with van der Waals surface area (Å²) in [7, 11) is 0. The zero-order valence-electron chi connectivity index (χ0n) is 24.4. The van der Waals surface area contributed by atoms with Crippen molar-refractivity contribution in [2.75, 3.05) is 26.3 Å².